The highest BCUT2D eigenvalue weighted by Gasteiger charge is 2.34. The number of methoxy groups -OCH3 is 1. The minimum atomic E-state index is -1.13. The van der Waals surface area contributed by atoms with Crippen LogP contribution in [0.5, 0.6) is 11.6 Å². The molecule has 5 atom stereocenters. The summed E-state index contributed by atoms with van der Waals surface area (Å²) in [6.45, 7) is -0.0944. The van der Waals surface area contributed by atoms with Crippen molar-refractivity contribution in [3.05, 3.63) is 113 Å². The second-order valence-electron chi connectivity index (χ2n) is 11.0. The molecule has 10 heteroatoms. The third-order valence-corrected chi connectivity index (χ3v) is 7.92. The third-order valence-electron chi connectivity index (χ3n) is 7.92. The minimum Gasteiger partial charge on any atom is -0.490 e. The molecule has 0 saturated carbocycles. The monoisotopic (exact) mass is 603 g/mol. The van der Waals surface area contributed by atoms with E-state index in [-0.39, 0.29) is 19.4 Å². The predicted molar refractivity (Wildman–Crippen MR) is 161 cm³/mol. The van der Waals surface area contributed by atoms with E-state index < -0.39 is 47.8 Å². The molecule has 0 bridgehead atoms. The molecule has 0 fully saturated rings. The maximum absolute atomic E-state index is 14.6. The Kier molecular flexibility index (Phi) is 9.84. The topological polar surface area (TPSA) is 127 Å². The number of nitrogens with one attached hydrogen (secondary N) is 1. The molecule has 5 N–H and O–H groups in total. The van der Waals surface area contributed by atoms with Gasteiger partial charge in [0, 0.05) is 35.3 Å². The number of carbonyl (C=O) groups is 1. The lowest BCUT2D eigenvalue weighted by molar-refractivity contribution is -0.128. The fraction of sp³-hybridized carbons (Fsp3) is 0.294. The van der Waals surface area contributed by atoms with Crippen LogP contribution < -0.4 is 20.5 Å². The molecule has 0 spiro atoms. The van der Waals surface area contributed by atoms with Crippen molar-refractivity contribution in [2.45, 2.75) is 43.6 Å². The Morgan fingerprint density at radius 2 is 1.82 bits per heavy atom. The van der Waals surface area contributed by atoms with Crippen molar-refractivity contribution in [1.82, 2.24) is 10.3 Å². The molecular weight excluding hydrogens is 568 g/mol. The van der Waals surface area contributed by atoms with E-state index in [1.54, 1.807) is 37.6 Å². The van der Waals surface area contributed by atoms with E-state index >= 15 is 0 Å². The Balaban J connectivity index is 1.29. The summed E-state index contributed by atoms with van der Waals surface area (Å²) in [5, 5.41) is 24.6. The van der Waals surface area contributed by atoms with Gasteiger partial charge in [-0.1, -0.05) is 42.5 Å². The van der Waals surface area contributed by atoms with E-state index in [0.717, 1.165) is 16.7 Å². The predicted octanol–water partition coefficient (Wildman–Crippen LogP) is 4.13. The largest absolute Gasteiger partial charge is 0.490 e. The van der Waals surface area contributed by atoms with E-state index in [9.17, 15) is 23.8 Å². The van der Waals surface area contributed by atoms with Crippen LogP contribution in [0.4, 0.5) is 8.78 Å². The fourth-order valence-electron chi connectivity index (χ4n) is 5.41. The molecule has 0 aliphatic carbocycles. The zero-order valence-corrected chi connectivity index (χ0v) is 24.2. The lowest BCUT2D eigenvalue weighted by Gasteiger charge is -2.33. The number of benzene rings is 3. The van der Waals surface area contributed by atoms with Crippen molar-refractivity contribution in [3.8, 4) is 22.8 Å². The molecule has 230 valence electrons. The Bertz CT molecular complexity index is 1570. The van der Waals surface area contributed by atoms with E-state index in [1.165, 1.54) is 24.3 Å². The summed E-state index contributed by atoms with van der Waals surface area (Å²) in [5.74, 6) is -1.57. The van der Waals surface area contributed by atoms with Crippen LogP contribution >= 0.6 is 0 Å². The lowest BCUT2D eigenvalue weighted by Crippen LogP contribution is -2.46. The SMILES string of the molecule is COc1ccc(-c2ccc(C[C@H](N)[C@@H](O)C[C@@H](Cc3ccccc3F)C(=O)N[C@H]3c4cc(F)ccc4OC[C@H]3O)cc2)cn1. The number of amides is 1. The summed E-state index contributed by atoms with van der Waals surface area (Å²) in [7, 11) is 1.56. The standard InChI is InChI=1S/C34H35F2N3O5/c1-43-32-13-10-23(18-38-32)21-8-6-20(7-9-21)14-28(37)29(40)16-24(15-22-4-2-3-5-27(22)36)34(42)39-33-26-17-25(35)11-12-31(26)44-19-30(33)41/h2-13,17-18,24,28-30,33,40-41H,14-16,19,37H2,1H3,(H,39,42)/t24-,28+,29+,30-,33+/m1/s1. The number of halogens is 2. The van der Waals surface area contributed by atoms with Crippen LogP contribution in [0.3, 0.4) is 0 Å². The van der Waals surface area contributed by atoms with Gasteiger partial charge in [-0.2, -0.15) is 0 Å². The maximum atomic E-state index is 14.6. The molecule has 0 saturated heterocycles. The zero-order valence-electron chi connectivity index (χ0n) is 24.2. The fourth-order valence-corrected chi connectivity index (χ4v) is 5.41. The van der Waals surface area contributed by atoms with Crippen LogP contribution in [0.15, 0.2) is 85.1 Å². The Morgan fingerprint density at radius 1 is 1.07 bits per heavy atom. The Morgan fingerprint density at radius 3 is 2.52 bits per heavy atom. The van der Waals surface area contributed by atoms with Crippen molar-refractivity contribution < 1.29 is 33.3 Å². The summed E-state index contributed by atoms with van der Waals surface area (Å²) < 4.78 is 39.3. The van der Waals surface area contributed by atoms with Crippen molar-refractivity contribution in [1.29, 1.82) is 0 Å². The number of aliphatic hydroxyl groups is 2. The first kappa shape index (κ1) is 31.1. The van der Waals surface area contributed by atoms with Gasteiger partial charge in [-0.25, -0.2) is 13.8 Å². The van der Waals surface area contributed by atoms with Gasteiger partial charge >= 0.3 is 0 Å². The molecule has 2 heterocycles. The molecular formula is C34H35F2N3O5. The van der Waals surface area contributed by atoms with E-state index in [4.69, 9.17) is 15.2 Å². The minimum absolute atomic E-state index is 0.0117. The van der Waals surface area contributed by atoms with Gasteiger partial charge in [-0.15, -0.1) is 0 Å². The van der Waals surface area contributed by atoms with Gasteiger partial charge in [0.25, 0.3) is 0 Å². The van der Waals surface area contributed by atoms with E-state index in [1.807, 2.05) is 30.3 Å². The summed E-state index contributed by atoms with van der Waals surface area (Å²) in [6, 6.07) is 19.7. The number of carbonyl (C=O) groups excluding carboxylic acids is 1. The first-order valence-electron chi connectivity index (χ1n) is 14.4. The van der Waals surface area contributed by atoms with Crippen molar-refractivity contribution in [2.75, 3.05) is 13.7 Å². The summed E-state index contributed by atoms with van der Waals surface area (Å²) in [6.07, 6.45) is -0.257. The summed E-state index contributed by atoms with van der Waals surface area (Å²) >= 11 is 0. The molecule has 3 aromatic carbocycles. The molecule has 1 amide bonds. The average Bonchev–Trinajstić information content (AvgIpc) is 3.03. The first-order chi connectivity index (χ1) is 21.2. The number of nitrogens with zero attached hydrogens (tertiary/aromatic N) is 1. The zero-order chi connectivity index (χ0) is 31.2. The van der Waals surface area contributed by atoms with Gasteiger partial charge in [-0.05, 0) is 66.3 Å². The molecule has 44 heavy (non-hydrogen) atoms. The van der Waals surface area contributed by atoms with Crippen molar-refractivity contribution >= 4 is 5.91 Å². The molecule has 1 aliphatic heterocycles. The number of aromatic nitrogens is 1. The molecule has 1 aliphatic rings. The van der Waals surface area contributed by atoms with Crippen LogP contribution in [0.25, 0.3) is 11.1 Å². The van der Waals surface area contributed by atoms with Gasteiger partial charge in [0.1, 0.15) is 30.1 Å². The van der Waals surface area contributed by atoms with Crippen LogP contribution in [0.1, 0.15) is 29.2 Å². The van der Waals surface area contributed by atoms with Gasteiger partial charge in [0.15, 0.2) is 0 Å². The van der Waals surface area contributed by atoms with Gasteiger partial charge in [0.05, 0.1) is 19.3 Å². The van der Waals surface area contributed by atoms with E-state index in [2.05, 4.69) is 10.3 Å². The summed E-state index contributed by atoms with van der Waals surface area (Å²) in [5.41, 5.74) is 9.78. The third kappa shape index (κ3) is 7.39. The summed E-state index contributed by atoms with van der Waals surface area (Å²) in [4.78, 5) is 17.9. The molecule has 0 unspecified atom stereocenters. The van der Waals surface area contributed by atoms with Crippen molar-refractivity contribution in [2.24, 2.45) is 11.7 Å². The molecule has 8 nitrogen and oxygen atoms in total. The van der Waals surface area contributed by atoms with Crippen LogP contribution in [0.2, 0.25) is 0 Å². The van der Waals surface area contributed by atoms with Crippen LogP contribution in [0, 0.1) is 17.6 Å². The van der Waals surface area contributed by atoms with Crippen LogP contribution in [-0.4, -0.2) is 53.1 Å². The number of pyridine rings is 1. The number of hydrogen-bond acceptors (Lipinski definition) is 7. The molecule has 1 aromatic heterocycles. The molecule has 4 aromatic rings. The highest BCUT2D eigenvalue weighted by Crippen LogP contribution is 2.33. The highest BCUT2D eigenvalue weighted by molar-refractivity contribution is 5.80. The number of ether oxygens (including phenoxy) is 2. The van der Waals surface area contributed by atoms with Crippen molar-refractivity contribution in [3.63, 3.8) is 0 Å². The number of aliphatic hydroxyl groups excluding tert-OH is 2. The Hall–Kier alpha value is -4.38. The number of fused-ring (bicyclic) bond motifs is 1. The highest BCUT2D eigenvalue weighted by atomic mass is 19.1. The van der Waals surface area contributed by atoms with Gasteiger partial charge < -0.3 is 30.7 Å². The first-order valence-corrected chi connectivity index (χ1v) is 14.4. The second kappa shape index (κ2) is 13.9. The smallest absolute Gasteiger partial charge is 0.224 e. The Labute approximate surface area is 254 Å². The van der Waals surface area contributed by atoms with Gasteiger partial charge in [0.2, 0.25) is 11.8 Å². The van der Waals surface area contributed by atoms with E-state index in [0.29, 0.717) is 29.2 Å². The average molecular weight is 604 g/mol. The number of hydrogen-bond donors (Lipinski definition) is 4. The lowest BCUT2D eigenvalue weighted by atomic mass is 9.88. The normalized spacial score (nSPS) is 18.0. The quantitative estimate of drug-likeness (QED) is 0.203. The molecule has 5 rings (SSSR count). The number of rotatable bonds is 11. The second-order valence-corrected chi connectivity index (χ2v) is 11.0. The molecule has 0 radical (unpaired) electrons. The maximum Gasteiger partial charge on any atom is 0.224 e. The number of nitrogens with two attached hydrogens (primary N) is 1. The van der Waals surface area contributed by atoms with Gasteiger partial charge in [-0.3, -0.25) is 4.79 Å². The van der Waals surface area contributed by atoms with Crippen LogP contribution in [-0.2, 0) is 17.6 Å².